The Labute approximate surface area is 174 Å². The minimum atomic E-state index is -3.59. The van der Waals surface area contributed by atoms with Crippen molar-refractivity contribution in [3.63, 3.8) is 0 Å². The van der Waals surface area contributed by atoms with Crippen molar-refractivity contribution < 1.29 is 13.2 Å². The fraction of sp³-hybridized carbons (Fsp3) is 0.435. The highest BCUT2D eigenvalue weighted by atomic mass is 32.2. The van der Waals surface area contributed by atoms with Crippen LogP contribution in [-0.4, -0.2) is 26.9 Å². The molecule has 0 spiro atoms. The van der Waals surface area contributed by atoms with Gasteiger partial charge in [-0.15, -0.1) is 0 Å². The van der Waals surface area contributed by atoms with Crippen molar-refractivity contribution in [1.29, 1.82) is 0 Å². The van der Waals surface area contributed by atoms with Crippen LogP contribution in [0.2, 0.25) is 0 Å². The van der Waals surface area contributed by atoms with E-state index < -0.39 is 10.0 Å². The topological polar surface area (TPSA) is 66.5 Å². The lowest BCUT2D eigenvalue weighted by Crippen LogP contribution is -2.35. The maximum absolute atomic E-state index is 13.2. The van der Waals surface area contributed by atoms with Crippen molar-refractivity contribution in [2.45, 2.75) is 63.3 Å². The zero-order chi connectivity index (χ0) is 20.9. The SMILES string of the molecule is CCC[C@@H](C)NC(=O)CCc1ccc(S(=O)(=O)N2CCCc3ccccc32)cc1. The number of aryl methyl sites for hydroxylation is 2. The van der Waals surface area contributed by atoms with Crippen LogP contribution in [0.5, 0.6) is 0 Å². The van der Waals surface area contributed by atoms with Crippen molar-refractivity contribution in [3.8, 4) is 0 Å². The van der Waals surface area contributed by atoms with E-state index in [0.29, 0.717) is 24.3 Å². The second kappa shape index (κ2) is 9.44. The van der Waals surface area contributed by atoms with Crippen LogP contribution >= 0.6 is 0 Å². The van der Waals surface area contributed by atoms with Crippen LogP contribution < -0.4 is 9.62 Å². The van der Waals surface area contributed by atoms with Crippen molar-refractivity contribution in [2.75, 3.05) is 10.8 Å². The highest BCUT2D eigenvalue weighted by molar-refractivity contribution is 7.92. The smallest absolute Gasteiger partial charge is 0.264 e. The van der Waals surface area contributed by atoms with E-state index in [1.165, 1.54) is 4.31 Å². The lowest BCUT2D eigenvalue weighted by molar-refractivity contribution is -0.121. The average molecular weight is 415 g/mol. The number of hydrogen-bond donors (Lipinski definition) is 1. The van der Waals surface area contributed by atoms with Gasteiger partial charge in [0.05, 0.1) is 10.6 Å². The first-order valence-corrected chi connectivity index (χ1v) is 11.8. The van der Waals surface area contributed by atoms with Crippen LogP contribution in [0.15, 0.2) is 53.4 Å². The van der Waals surface area contributed by atoms with Crippen LogP contribution in [0.3, 0.4) is 0 Å². The summed E-state index contributed by atoms with van der Waals surface area (Å²) in [5.41, 5.74) is 2.81. The van der Waals surface area contributed by atoms with E-state index in [0.717, 1.165) is 42.5 Å². The summed E-state index contributed by atoms with van der Waals surface area (Å²) in [4.78, 5) is 12.3. The number of anilines is 1. The summed E-state index contributed by atoms with van der Waals surface area (Å²) in [6.07, 6.45) is 4.73. The molecule has 0 bridgehead atoms. The molecule has 0 radical (unpaired) electrons. The molecule has 1 aliphatic heterocycles. The number of sulfonamides is 1. The molecule has 29 heavy (non-hydrogen) atoms. The Hall–Kier alpha value is -2.34. The number of carbonyl (C=O) groups excluding carboxylic acids is 1. The third-order valence-corrected chi connectivity index (χ3v) is 7.18. The summed E-state index contributed by atoms with van der Waals surface area (Å²) in [7, 11) is -3.59. The Kier molecular flexibility index (Phi) is 6.96. The second-order valence-corrected chi connectivity index (χ2v) is 9.57. The third-order valence-electron chi connectivity index (χ3n) is 5.35. The molecule has 3 rings (SSSR count). The molecule has 0 saturated heterocycles. The highest BCUT2D eigenvalue weighted by Crippen LogP contribution is 2.31. The first kappa shape index (κ1) is 21.4. The molecule has 1 heterocycles. The molecule has 2 aromatic carbocycles. The number of hydrogen-bond acceptors (Lipinski definition) is 3. The lowest BCUT2D eigenvalue weighted by atomic mass is 10.0. The second-order valence-electron chi connectivity index (χ2n) is 7.71. The van der Waals surface area contributed by atoms with Crippen molar-refractivity contribution in [3.05, 3.63) is 59.7 Å². The standard InChI is InChI=1S/C23H30N2O3S/c1-3-7-18(2)24-23(26)16-13-19-11-14-21(15-12-19)29(27,28)25-17-6-9-20-8-4-5-10-22(20)25/h4-5,8,10-12,14-15,18H,3,6-7,9,13,16-17H2,1-2H3,(H,24,26)/t18-/m1/s1. The van der Waals surface area contributed by atoms with Gasteiger partial charge in [-0.3, -0.25) is 9.10 Å². The number of rotatable bonds is 8. The molecule has 0 aliphatic carbocycles. The summed E-state index contributed by atoms with van der Waals surface area (Å²) in [6, 6.07) is 14.8. The molecule has 1 N–H and O–H groups in total. The normalized spacial score (nSPS) is 14.9. The van der Waals surface area contributed by atoms with Crippen molar-refractivity contribution in [1.82, 2.24) is 5.32 Å². The van der Waals surface area contributed by atoms with Gasteiger partial charge in [-0.1, -0.05) is 43.7 Å². The van der Waals surface area contributed by atoms with Gasteiger partial charge < -0.3 is 5.32 Å². The molecule has 1 aliphatic rings. The number of benzene rings is 2. The first-order valence-electron chi connectivity index (χ1n) is 10.4. The van der Waals surface area contributed by atoms with Crippen molar-refractivity contribution in [2.24, 2.45) is 0 Å². The zero-order valence-corrected chi connectivity index (χ0v) is 18.0. The van der Waals surface area contributed by atoms with Gasteiger partial charge >= 0.3 is 0 Å². The molecule has 0 fully saturated rings. The molecule has 6 heteroatoms. The maximum atomic E-state index is 13.2. The Morgan fingerprint density at radius 2 is 1.86 bits per heavy atom. The number of nitrogens with zero attached hydrogens (tertiary/aromatic N) is 1. The van der Waals surface area contributed by atoms with Gasteiger partial charge in [0, 0.05) is 19.0 Å². The molecule has 0 unspecified atom stereocenters. The van der Waals surface area contributed by atoms with Crippen LogP contribution in [-0.2, 0) is 27.7 Å². The van der Waals surface area contributed by atoms with E-state index in [-0.39, 0.29) is 11.9 Å². The van der Waals surface area contributed by atoms with Gasteiger partial charge in [-0.25, -0.2) is 8.42 Å². The van der Waals surface area contributed by atoms with E-state index in [4.69, 9.17) is 0 Å². The van der Waals surface area contributed by atoms with E-state index in [9.17, 15) is 13.2 Å². The molecule has 0 saturated carbocycles. The zero-order valence-electron chi connectivity index (χ0n) is 17.2. The summed E-state index contributed by atoms with van der Waals surface area (Å²) in [5.74, 6) is 0.0348. The summed E-state index contributed by atoms with van der Waals surface area (Å²) >= 11 is 0. The average Bonchev–Trinajstić information content (AvgIpc) is 2.72. The number of fused-ring (bicyclic) bond motifs is 1. The minimum absolute atomic E-state index is 0.0348. The maximum Gasteiger partial charge on any atom is 0.264 e. The lowest BCUT2D eigenvalue weighted by Gasteiger charge is -2.30. The third kappa shape index (κ3) is 5.18. The Morgan fingerprint density at radius 3 is 2.59 bits per heavy atom. The molecule has 2 aromatic rings. The summed E-state index contributed by atoms with van der Waals surface area (Å²) in [6.45, 7) is 4.61. The van der Waals surface area contributed by atoms with E-state index in [1.54, 1.807) is 12.1 Å². The number of para-hydroxylation sites is 1. The molecule has 156 valence electrons. The fourth-order valence-corrected chi connectivity index (χ4v) is 5.36. The predicted octanol–water partition coefficient (Wildman–Crippen LogP) is 4.07. The summed E-state index contributed by atoms with van der Waals surface area (Å²) < 4.78 is 27.9. The monoisotopic (exact) mass is 414 g/mol. The first-order chi connectivity index (χ1) is 13.9. The van der Waals surface area contributed by atoms with Crippen molar-refractivity contribution >= 4 is 21.6 Å². The highest BCUT2D eigenvalue weighted by Gasteiger charge is 2.28. The van der Waals surface area contributed by atoms with Crippen LogP contribution in [0.4, 0.5) is 5.69 Å². The van der Waals surface area contributed by atoms with Crippen LogP contribution in [0.1, 0.15) is 50.7 Å². The van der Waals surface area contributed by atoms with Gasteiger partial charge in [0.15, 0.2) is 0 Å². The van der Waals surface area contributed by atoms with Gasteiger partial charge in [0.1, 0.15) is 0 Å². The van der Waals surface area contributed by atoms with Gasteiger partial charge in [0.2, 0.25) is 5.91 Å². The predicted molar refractivity (Wildman–Crippen MR) is 117 cm³/mol. The van der Waals surface area contributed by atoms with E-state index in [1.807, 2.05) is 43.3 Å². The fourth-order valence-electron chi connectivity index (χ4n) is 3.81. The Bertz CT molecular complexity index is 939. The van der Waals surface area contributed by atoms with Crippen LogP contribution in [0.25, 0.3) is 0 Å². The van der Waals surface area contributed by atoms with E-state index in [2.05, 4.69) is 12.2 Å². The minimum Gasteiger partial charge on any atom is -0.354 e. The van der Waals surface area contributed by atoms with Gasteiger partial charge in [-0.05, 0) is 61.9 Å². The van der Waals surface area contributed by atoms with Gasteiger partial charge in [-0.2, -0.15) is 0 Å². The quantitative estimate of drug-likeness (QED) is 0.708. The van der Waals surface area contributed by atoms with Gasteiger partial charge in [0.25, 0.3) is 10.0 Å². The molecule has 5 nitrogen and oxygen atoms in total. The largest absolute Gasteiger partial charge is 0.354 e. The molecular weight excluding hydrogens is 384 g/mol. The Morgan fingerprint density at radius 1 is 1.14 bits per heavy atom. The molecule has 0 aromatic heterocycles. The Balaban J connectivity index is 1.66. The molecule has 1 amide bonds. The molecule has 1 atom stereocenters. The number of carbonyl (C=O) groups is 1. The van der Waals surface area contributed by atoms with Crippen LogP contribution in [0, 0.1) is 0 Å². The summed E-state index contributed by atoms with van der Waals surface area (Å²) in [5, 5.41) is 3.00. The number of nitrogens with one attached hydrogen (secondary N) is 1. The van der Waals surface area contributed by atoms with E-state index >= 15 is 0 Å². The molecular formula is C23H30N2O3S. The number of amides is 1.